The monoisotopic (exact) mass is 323 g/mol. The largest absolute Gasteiger partial charge is 0.485 e. The van der Waals surface area contributed by atoms with E-state index in [1.54, 1.807) is 0 Å². The van der Waals surface area contributed by atoms with Crippen molar-refractivity contribution in [2.75, 3.05) is 6.54 Å². The topological polar surface area (TPSA) is 67.9 Å². The van der Waals surface area contributed by atoms with E-state index >= 15 is 0 Å². The first-order valence-electron chi connectivity index (χ1n) is 7.83. The van der Waals surface area contributed by atoms with Gasteiger partial charge in [-0.1, -0.05) is 18.2 Å². The first kappa shape index (κ1) is 14.5. The van der Waals surface area contributed by atoms with Crippen LogP contribution in [0.3, 0.4) is 0 Å². The van der Waals surface area contributed by atoms with Gasteiger partial charge < -0.3 is 14.8 Å². The van der Waals surface area contributed by atoms with Gasteiger partial charge in [0.2, 0.25) is 14.8 Å². The standard InChI is InChI=1S/C16H21NO4S/c1-15(2)14-16(21-14,11-7-3-4-8-12(11)20-15)22(18,19)13-9-5-6-10-17-13/h3-4,7-8,13-14,17H,5-6,9-10H2,1-2H3. The lowest BCUT2D eigenvalue weighted by Crippen LogP contribution is -2.51. The van der Waals surface area contributed by atoms with Crippen molar-refractivity contribution in [2.24, 2.45) is 0 Å². The number of piperidine rings is 1. The van der Waals surface area contributed by atoms with E-state index in [1.807, 2.05) is 38.1 Å². The van der Waals surface area contributed by atoms with Gasteiger partial charge in [-0.3, -0.25) is 0 Å². The second kappa shape index (κ2) is 4.46. The van der Waals surface area contributed by atoms with E-state index in [2.05, 4.69) is 5.32 Å². The summed E-state index contributed by atoms with van der Waals surface area (Å²) in [7, 11) is -3.51. The Hall–Kier alpha value is -1.11. The summed E-state index contributed by atoms with van der Waals surface area (Å²) in [4.78, 5) is -1.25. The number of hydrogen-bond donors (Lipinski definition) is 1. The number of benzene rings is 1. The summed E-state index contributed by atoms with van der Waals surface area (Å²) in [5.74, 6) is 0.612. The molecule has 0 saturated carbocycles. The van der Waals surface area contributed by atoms with Crippen molar-refractivity contribution in [1.29, 1.82) is 0 Å². The third-order valence-corrected chi connectivity index (χ3v) is 7.44. The Balaban J connectivity index is 1.84. The highest BCUT2D eigenvalue weighted by Crippen LogP contribution is 2.62. The Morgan fingerprint density at radius 3 is 2.73 bits per heavy atom. The molecule has 0 aliphatic carbocycles. The van der Waals surface area contributed by atoms with E-state index in [4.69, 9.17) is 9.47 Å². The number of rotatable bonds is 2. The summed E-state index contributed by atoms with van der Waals surface area (Å²) in [5.41, 5.74) is -0.0116. The van der Waals surface area contributed by atoms with Crippen LogP contribution < -0.4 is 10.1 Å². The van der Waals surface area contributed by atoms with E-state index in [1.165, 1.54) is 0 Å². The molecule has 0 radical (unpaired) electrons. The van der Waals surface area contributed by atoms with Crippen LogP contribution in [0.1, 0.15) is 38.7 Å². The van der Waals surface area contributed by atoms with Crippen LogP contribution in [0.2, 0.25) is 0 Å². The summed E-state index contributed by atoms with van der Waals surface area (Å²) in [6.45, 7) is 4.52. The van der Waals surface area contributed by atoms with Crippen LogP contribution in [-0.4, -0.2) is 32.0 Å². The summed E-state index contributed by atoms with van der Waals surface area (Å²) in [6, 6.07) is 7.33. The fraction of sp³-hybridized carbons (Fsp3) is 0.625. The van der Waals surface area contributed by atoms with Gasteiger partial charge in [-0.15, -0.1) is 0 Å². The van der Waals surface area contributed by atoms with Gasteiger partial charge in [-0.25, -0.2) is 8.42 Å². The maximum atomic E-state index is 13.3. The van der Waals surface area contributed by atoms with Gasteiger partial charge in [0, 0.05) is 5.56 Å². The van der Waals surface area contributed by atoms with Crippen molar-refractivity contribution in [3.05, 3.63) is 29.8 Å². The molecule has 3 atom stereocenters. The second-order valence-electron chi connectivity index (χ2n) is 6.85. The van der Waals surface area contributed by atoms with Crippen molar-refractivity contribution < 1.29 is 17.9 Å². The first-order valence-corrected chi connectivity index (χ1v) is 9.37. The smallest absolute Gasteiger partial charge is 0.230 e. The van der Waals surface area contributed by atoms with Gasteiger partial charge in [0.1, 0.15) is 22.8 Å². The molecule has 0 spiro atoms. The van der Waals surface area contributed by atoms with Gasteiger partial charge in [0.05, 0.1) is 0 Å². The van der Waals surface area contributed by atoms with Gasteiger partial charge in [-0.2, -0.15) is 0 Å². The highest BCUT2D eigenvalue weighted by atomic mass is 32.2. The minimum atomic E-state index is -3.51. The van der Waals surface area contributed by atoms with E-state index in [0.29, 0.717) is 17.7 Å². The fourth-order valence-corrected chi connectivity index (χ4v) is 6.32. The van der Waals surface area contributed by atoms with Crippen molar-refractivity contribution in [1.82, 2.24) is 5.32 Å². The Kier molecular flexibility index (Phi) is 2.94. The molecule has 3 aliphatic rings. The molecule has 3 heterocycles. The van der Waals surface area contributed by atoms with Gasteiger partial charge >= 0.3 is 0 Å². The minimum absolute atomic E-state index is 0.455. The fourth-order valence-electron chi connectivity index (χ4n) is 3.79. The van der Waals surface area contributed by atoms with Crippen molar-refractivity contribution in [2.45, 2.75) is 55.1 Å². The molecule has 2 fully saturated rings. The molecule has 1 N–H and O–H groups in total. The molecule has 3 unspecified atom stereocenters. The van der Waals surface area contributed by atoms with Crippen LogP contribution >= 0.6 is 0 Å². The minimum Gasteiger partial charge on any atom is -0.485 e. The predicted molar refractivity (Wildman–Crippen MR) is 82.3 cm³/mol. The molecule has 5 nitrogen and oxygen atoms in total. The Morgan fingerprint density at radius 1 is 1.23 bits per heavy atom. The zero-order chi connectivity index (χ0) is 15.6. The lowest BCUT2D eigenvalue weighted by molar-refractivity contribution is 0.0720. The van der Waals surface area contributed by atoms with Crippen LogP contribution in [0.25, 0.3) is 0 Å². The second-order valence-corrected chi connectivity index (χ2v) is 9.12. The Morgan fingerprint density at radius 2 is 2.00 bits per heavy atom. The number of fused-ring (bicyclic) bond motifs is 3. The number of para-hydroxylation sites is 1. The number of hydrogen-bond acceptors (Lipinski definition) is 5. The zero-order valence-electron chi connectivity index (χ0n) is 12.8. The normalized spacial score (nSPS) is 35.9. The highest BCUT2D eigenvalue weighted by molar-refractivity contribution is 7.93. The Bertz CT molecular complexity index is 709. The number of epoxide rings is 1. The molecule has 0 aromatic heterocycles. The maximum Gasteiger partial charge on any atom is 0.230 e. The maximum absolute atomic E-state index is 13.3. The molecule has 22 heavy (non-hydrogen) atoms. The van der Waals surface area contributed by atoms with E-state index in [9.17, 15) is 8.42 Å². The van der Waals surface area contributed by atoms with Gasteiger partial charge in [0.15, 0.2) is 0 Å². The molecule has 3 aliphatic heterocycles. The quantitative estimate of drug-likeness (QED) is 0.842. The van der Waals surface area contributed by atoms with Crippen LogP contribution in [0.15, 0.2) is 24.3 Å². The van der Waals surface area contributed by atoms with Gasteiger partial charge in [0.25, 0.3) is 0 Å². The van der Waals surface area contributed by atoms with Crippen LogP contribution in [0.5, 0.6) is 5.75 Å². The van der Waals surface area contributed by atoms with Crippen molar-refractivity contribution in [3.63, 3.8) is 0 Å². The van der Waals surface area contributed by atoms with E-state index < -0.39 is 31.8 Å². The Labute approximate surface area is 130 Å². The van der Waals surface area contributed by atoms with Crippen molar-refractivity contribution in [3.8, 4) is 5.75 Å². The first-order chi connectivity index (χ1) is 10.4. The third-order valence-electron chi connectivity index (χ3n) is 4.91. The number of ether oxygens (including phenoxy) is 2. The molecular weight excluding hydrogens is 302 g/mol. The lowest BCUT2D eigenvalue weighted by Gasteiger charge is -2.35. The average molecular weight is 323 g/mol. The van der Waals surface area contributed by atoms with E-state index in [0.717, 1.165) is 19.4 Å². The van der Waals surface area contributed by atoms with Crippen LogP contribution in [0, 0.1) is 0 Å². The van der Waals surface area contributed by atoms with Crippen LogP contribution in [-0.2, 0) is 19.5 Å². The average Bonchev–Trinajstić information content (AvgIpc) is 3.27. The molecule has 1 aromatic carbocycles. The van der Waals surface area contributed by atoms with Gasteiger partial charge in [-0.05, 0) is 45.7 Å². The predicted octanol–water partition coefficient (Wildman–Crippen LogP) is 1.92. The lowest BCUT2D eigenvalue weighted by atomic mass is 9.94. The molecule has 6 heteroatoms. The summed E-state index contributed by atoms with van der Waals surface area (Å²) in [6.07, 6.45) is 2.14. The molecule has 120 valence electrons. The van der Waals surface area contributed by atoms with Crippen LogP contribution in [0.4, 0.5) is 0 Å². The number of nitrogens with one attached hydrogen (secondary N) is 1. The molecular formula is C16H21NO4S. The van der Waals surface area contributed by atoms with Crippen molar-refractivity contribution >= 4 is 9.84 Å². The summed E-state index contributed by atoms with van der Waals surface area (Å²) < 4.78 is 38.5. The summed E-state index contributed by atoms with van der Waals surface area (Å²) in [5, 5.41) is 2.62. The molecule has 4 rings (SSSR count). The zero-order valence-corrected chi connectivity index (χ0v) is 13.7. The third kappa shape index (κ3) is 1.74. The summed E-state index contributed by atoms with van der Waals surface area (Å²) >= 11 is 0. The molecule has 2 saturated heterocycles. The SMILES string of the molecule is CC1(C)Oc2ccccc2C2(S(=O)(=O)C3CCCCN3)OC12. The molecule has 1 aromatic rings. The molecule has 0 bridgehead atoms. The molecule has 0 amide bonds. The number of sulfone groups is 1. The highest BCUT2D eigenvalue weighted by Gasteiger charge is 2.77. The van der Waals surface area contributed by atoms with E-state index in [-0.39, 0.29) is 0 Å².